The average molecular weight is 307 g/mol. The molecule has 2 rings (SSSR count). The van der Waals surface area contributed by atoms with Gasteiger partial charge in [-0.25, -0.2) is 0 Å². The molecule has 8 heteroatoms. The second-order valence-corrected chi connectivity index (χ2v) is 5.23. The first-order valence-corrected chi connectivity index (χ1v) is 6.96. The van der Waals surface area contributed by atoms with Crippen LogP contribution >= 0.6 is 0 Å². The van der Waals surface area contributed by atoms with Crippen LogP contribution < -0.4 is 5.32 Å². The van der Waals surface area contributed by atoms with Crippen LogP contribution in [-0.2, 0) is 9.59 Å². The number of likely N-dealkylation sites (tertiary alicyclic amines) is 1. The number of hydrogen-bond acceptors (Lipinski definition) is 5. The number of nitro groups is 1. The summed E-state index contributed by atoms with van der Waals surface area (Å²) in [5.74, 6) is -1.71. The molecule has 1 aliphatic heterocycles. The molecule has 1 aliphatic rings. The van der Waals surface area contributed by atoms with Gasteiger partial charge in [-0.3, -0.25) is 24.6 Å². The lowest BCUT2D eigenvalue weighted by atomic mass is 9.98. The minimum absolute atomic E-state index is 0.0236. The number of aliphatic carboxylic acids is 1. The molecule has 8 nitrogen and oxygen atoms in total. The maximum Gasteiger partial charge on any atom is 0.307 e. The lowest BCUT2D eigenvalue weighted by molar-refractivity contribution is -0.383. The minimum atomic E-state index is -0.858. The molecule has 1 aromatic carbocycles. The third-order valence-corrected chi connectivity index (χ3v) is 3.60. The number of carboxylic acid groups (broad SMARTS) is 1. The van der Waals surface area contributed by atoms with Crippen molar-refractivity contribution in [3.63, 3.8) is 0 Å². The third kappa shape index (κ3) is 4.01. The van der Waals surface area contributed by atoms with Crippen LogP contribution in [0.2, 0.25) is 0 Å². The van der Waals surface area contributed by atoms with E-state index in [0.29, 0.717) is 19.5 Å². The van der Waals surface area contributed by atoms with Gasteiger partial charge in [0.15, 0.2) is 0 Å². The zero-order chi connectivity index (χ0) is 16.1. The van der Waals surface area contributed by atoms with Gasteiger partial charge in [-0.05, 0) is 25.5 Å². The van der Waals surface area contributed by atoms with Gasteiger partial charge in [0, 0.05) is 12.6 Å². The first-order valence-electron chi connectivity index (χ1n) is 6.96. The van der Waals surface area contributed by atoms with Gasteiger partial charge in [-0.1, -0.05) is 12.1 Å². The predicted octanol–water partition coefficient (Wildman–Crippen LogP) is 1.33. The van der Waals surface area contributed by atoms with Crippen molar-refractivity contribution in [1.82, 2.24) is 4.90 Å². The molecule has 118 valence electrons. The smallest absolute Gasteiger partial charge is 0.307 e. The number of nitrogens with one attached hydrogen (secondary N) is 1. The van der Waals surface area contributed by atoms with E-state index < -0.39 is 16.8 Å². The third-order valence-electron chi connectivity index (χ3n) is 3.60. The van der Waals surface area contributed by atoms with Gasteiger partial charge in [0.1, 0.15) is 5.69 Å². The summed E-state index contributed by atoms with van der Waals surface area (Å²) in [6.45, 7) is 0.990. The number of carbonyl (C=O) groups excluding carboxylic acids is 1. The van der Waals surface area contributed by atoms with Crippen LogP contribution in [0.4, 0.5) is 11.4 Å². The second-order valence-electron chi connectivity index (χ2n) is 5.23. The van der Waals surface area contributed by atoms with Gasteiger partial charge in [0.05, 0.1) is 17.4 Å². The molecular weight excluding hydrogens is 290 g/mol. The van der Waals surface area contributed by atoms with E-state index in [4.69, 9.17) is 5.11 Å². The first kappa shape index (κ1) is 15.9. The van der Waals surface area contributed by atoms with Crippen molar-refractivity contribution in [3.05, 3.63) is 34.4 Å². The molecular formula is C14H17N3O5. The summed E-state index contributed by atoms with van der Waals surface area (Å²) in [5.41, 5.74) is -0.0257. The fourth-order valence-corrected chi connectivity index (χ4v) is 2.53. The van der Waals surface area contributed by atoms with Crippen molar-refractivity contribution < 1.29 is 19.6 Å². The Kier molecular flexibility index (Phi) is 5.05. The molecule has 1 heterocycles. The molecule has 1 aromatic rings. The number of nitrogens with zero attached hydrogens (tertiary/aromatic N) is 2. The Bertz CT molecular complexity index is 590. The van der Waals surface area contributed by atoms with Crippen molar-refractivity contribution in [2.75, 3.05) is 25.0 Å². The summed E-state index contributed by atoms with van der Waals surface area (Å²) in [4.78, 5) is 35.1. The summed E-state index contributed by atoms with van der Waals surface area (Å²) in [5, 5.41) is 22.4. The molecule has 0 aliphatic carbocycles. The molecule has 1 saturated heterocycles. The normalized spacial score (nSPS) is 18.6. The van der Waals surface area contributed by atoms with Crippen LogP contribution in [-0.4, -0.2) is 46.4 Å². The zero-order valence-electron chi connectivity index (χ0n) is 11.9. The number of rotatable bonds is 5. The van der Waals surface area contributed by atoms with Gasteiger partial charge in [-0.15, -0.1) is 0 Å². The van der Waals surface area contributed by atoms with E-state index in [1.54, 1.807) is 11.0 Å². The summed E-state index contributed by atoms with van der Waals surface area (Å²) in [6, 6.07) is 5.91. The molecule has 1 fully saturated rings. The van der Waals surface area contributed by atoms with Crippen molar-refractivity contribution >= 4 is 23.3 Å². The minimum Gasteiger partial charge on any atom is -0.481 e. The van der Waals surface area contributed by atoms with E-state index in [9.17, 15) is 19.7 Å². The van der Waals surface area contributed by atoms with Gasteiger partial charge in [0.25, 0.3) is 5.69 Å². The maximum absolute atomic E-state index is 12.0. The zero-order valence-corrected chi connectivity index (χ0v) is 11.9. The molecule has 22 heavy (non-hydrogen) atoms. The number of nitro benzene ring substituents is 1. The van der Waals surface area contributed by atoms with Crippen LogP contribution in [0, 0.1) is 16.0 Å². The monoisotopic (exact) mass is 307 g/mol. The van der Waals surface area contributed by atoms with Gasteiger partial charge >= 0.3 is 5.97 Å². The van der Waals surface area contributed by atoms with Crippen LogP contribution in [0.1, 0.15) is 12.8 Å². The van der Waals surface area contributed by atoms with Crippen LogP contribution in [0.3, 0.4) is 0 Å². The van der Waals surface area contributed by atoms with Crippen LogP contribution in [0.15, 0.2) is 24.3 Å². The summed E-state index contributed by atoms with van der Waals surface area (Å²) < 4.78 is 0. The number of piperidine rings is 1. The number of carboxylic acids is 1. The highest BCUT2D eigenvalue weighted by atomic mass is 16.6. The largest absolute Gasteiger partial charge is 0.481 e. The molecule has 0 aromatic heterocycles. The van der Waals surface area contributed by atoms with E-state index in [1.165, 1.54) is 18.2 Å². The highest BCUT2D eigenvalue weighted by molar-refractivity contribution is 5.94. The number of anilines is 1. The fourth-order valence-electron chi connectivity index (χ4n) is 2.53. The van der Waals surface area contributed by atoms with E-state index in [0.717, 1.165) is 6.42 Å². The van der Waals surface area contributed by atoms with Crippen molar-refractivity contribution in [2.45, 2.75) is 12.8 Å². The topological polar surface area (TPSA) is 113 Å². The van der Waals surface area contributed by atoms with Crippen molar-refractivity contribution in [1.29, 1.82) is 0 Å². The molecule has 0 spiro atoms. The molecule has 0 saturated carbocycles. The number of benzene rings is 1. The van der Waals surface area contributed by atoms with Gasteiger partial charge in [-0.2, -0.15) is 0 Å². The van der Waals surface area contributed by atoms with Crippen LogP contribution in [0.5, 0.6) is 0 Å². The molecule has 2 N–H and O–H groups in total. The standard InChI is InChI=1S/C14H17N3O5/c18-13(9-16-7-3-4-10(8-16)14(19)20)15-11-5-1-2-6-12(11)17(21)22/h1-2,5-6,10H,3-4,7-9H2,(H,15,18)(H,19,20). The lowest BCUT2D eigenvalue weighted by Gasteiger charge is -2.29. The summed E-state index contributed by atoms with van der Waals surface area (Å²) >= 11 is 0. The van der Waals surface area contributed by atoms with Crippen molar-refractivity contribution in [2.24, 2.45) is 5.92 Å². The summed E-state index contributed by atoms with van der Waals surface area (Å²) in [6.07, 6.45) is 1.33. The summed E-state index contributed by atoms with van der Waals surface area (Å²) in [7, 11) is 0. The Hall–Kier alpha value is -2.48. The molecule has 1 unspecified atom stereocenters. The van der Waals surface area contributed by atoms with E-state index in [1.807, 2.05) is 0 Å². The highest BCUT2D eigenvalue weighted by Crippen LogP contribution is 2.23. The number of hydrogen-bond donors (Lipinski definition) is 2. The Balaban J connectivity index is 1.96. The second kappa shape index (κ2) is 6.99. The highest BCUT2D eigenvalue weighted by Gasteiger charge is 2.26. The van der Waals surface area contributed by atoms with E-state index in [2.05, 4.69) is 5.32 Å². The van der Waals surface area contributed by atoms with Crippen molar-refractivity contribution in [3.8, 4) is 0 Å². The van der Waals surface area contributed by atoms with Gasteiger partial charge in [0.2, 0.25) is 5.91 Å². The Morgan fingerprint density at radius 2 is 2.14 bits per heavy atom. The lowest BCUT2D eigenvalue weighted by Crippen LogP contribution is -2.42. The number of amides is 1. The molecule has 0 bridgehead atoms. The number of para-hydroxylation sites is 2. The average Bonchev–Trinajstić information content (AvgIpc) is 2.47. The SMILES string of the molecule is O=C(CN1CCCC(C(=O)O)C1)Nc1ccccc1[N+](=O)[O-]. The Labute approximate surface area is 126 Å². The van der Waals surface area contributed by atoms with Crippen LogP contribution in [0.25, 0.3) is 0 Å². The molecule has 0 radical (unpaired) electrons. The van der Waals surface area contributed by atoms with E-state index >= 15 is 0 Å². The molecule has 1 amide bonds. The first-order chi connectivity index (χ1) is 10.5. The fraction of sp³-hybridized carbons (Fsp3) is 0.429. The predicted molar refractivity (Wildman–Crippen MR) is 78.5 cm³/mol. The Morgan fingerprint density at radius 3 is 2.82 bits per heavy atom. The maximum atomic E-state index is 12.0. The Morgan fingerprint density at radius 1 is 1.41 bits per heavy atom. The number of carbonyl (C=O) groups is 2. The quantitative estimate of drug-likeness (QED) is 0.627. The van der Waals surface area contributed by atoms with Gasteiger partial charge < -0.3 is 10.4 Å². The molecule has 1 atom stereocenters. The van der Waals surface area contributed by atoms with E-state index in [-0.39, 0.29) is 23.8 Å².